The zero-order valence-corrected chi connectivity index (χ0v) is 17.7. The van der Waals surface area contributed by atoms with Crippen molar-refractivity contribution in [3.05, 3.63) is 78.1 Å². The van der Waals surface area contributed by atoms with E-state index >= 15 is 0 Å². The third-order valence-electron chi connectivity index (χ3n) is 5.35. The molecular formula is C23H20N6O5. The third kappa shape index (κ3) is 4.10. The van der Waals surface area contributed by atoms with Crippen LogP contribution in [-0.2, 0) is 4.74 Å². The van der Waals surface area contributed by atoms with Gasteiger partial charge in [-0.05, 0) is 24.3 Å². The van der Waals surface area contributed by atoms with Crippen LogP contribution in [-0.4, -0.2) is 60.4 Å². The SMILES string of the molecule is O=C(Nc1nc(NC(=O)c2ccccc2)c2ncn([C@@H]3OC[C@H](O)[C@H]3O)c2n1)c1ccccc1. The minimum Gasteiger partial charge on any atom is -0.388 e. The molecule has 5 rings (SSSR count). The minimum absolute atomic E-state index is 0.0637. The first-order chi connectivity index (χ1) is 16.5. The highest BCUT2D eigenvalue weighted by Gasteiger charge is 2.37. The topological polar surface area (TPSA) is 151 Å². The fraction of sp³-hybridized carbons (Fsp3) is 0.174. The lowest BCUT2D eigenvalue weighted by atomic mass is 10.2. The van der Waals surface area contributed by atoms with Crippen molar-refractivity contribution >= 4 is 34.7 Å². The summed E-state index contributed by atoms with van der Waals surface area (Å²) in [6.45, 7) is -0.0637. The van der Waals surface area contributed by atoms with Crippen LogP contribution in [0, 0.1) is 0 Å². The Hall–Kier alpha value is -4.19. The number of amides is 2. The van der Waals surface area contributed by atoms with Crippen LogP contribution in [0.5, 0.6) is 0 Å². The van der Waals surface area contributed by atoms with E-state index in [1.165, 1.54) is 10.9 Å². The Morgan fingerprint density at radius 2 is 1.53 bits per heavy atom. The van der Waals surface area contributed by atoms with Crippen molar-refractivity contribution in [2.24, 2.45) is 0 Å². The highest BCUT2D eigenvalue weighted by molar-refractivity contribution is 6.08. The molecule has 0 aliphatic carbocycles. The fourth-order valence-corrected chi connectivity index (χ4v) is 3.61. The molecule has 2 aromatic heterocycles. The van der Waals surface area contributed by atoms with Gasteiger partial charge in [0, 0.05) is 11.1 Å². The van der Waals surface area contributed by atoms with E-state index < -0.39 is 30.3 Å². The maximum absolute atomic E-state index is 12.8. The van der Waals surface area contributed by atoms with Gasteiger partial charge in [-0.1, -0.05) is 36.4 Å². The van der Waals surface area contributed by atoms with Crippen LogP contribution in [0.2, 0.25) is 0 Å². The number of nitrogens with zero attached hydrogens (tertiary/aromatic N) is 4. The van der Waals surface area contributed by atoms with Crippen LogP contribution in [0.3, 0.4) is 0 Å². The molecule has 172 valence electrons. The van der Waals surface area contributed by atoms with Crippen LogP contribution in [0.1, 0.15) is 26.9 Å². The molecule has 34 heavy (non-hydrogen) atoms. The Morgan fingerprint density at radius 3 is 2.12 bits per heavy atom. The van der Waals surface area contributed by atoms with Gasteiger partial charge in [-0.15, -0.1) is 0 Å². The number of nitrogens with one attached hydrogen (secondary N) is 2. The number of imidazole rings is 1. The number of fused-ring (bicyclic) bond motifs is 1. The molecule has 1 saturated heterocycles. The highest BCUT2D eigenvalue weighted by atomic mass is 16.5. The summed E-state index contributed by atoms with van der Waals surface area (Å²) in [7, 11) is 0. The van der Waals surface area contributed by atoms with Crippen LogP contribution < -0.4 is 10.6 Å². The smallest absolute Gasteiger partial charge is 0.258 e. The second-order valence-electron chi connectivity index (χ2n) is 7.64. The monoisotopic (exact) mass is 460 g/mol. The number of ether oxygens (including phenoxy) is 1. The Morgan fingerprint density at radius 1 is 0.912 bits per heavy atom. The summed E-state index contributed by atoms with van der Waals surface area (Å²) in [6.07, 6.45) is -1.87. The summed E-state index contributed by atoms with van der Waals surface area (Å²) in [5, 5.41) is 25.5. The number of carbonyl (C=O) groups is 2. The van der Waals surface area contributed by atoms with E-state index in [2.05, 4.69) is 25.6 Å². The maximum Gasteiger partial charge on any atom is 0.258 e. The summed E-state index contributed by atoms with van der Waals surface area (Å²) < 4.78 is 6.92. The predicted molar refractivity (Wildman–Crippen MR) is 121 cm³/mol. The van der Waals surface area contributed by atoms with E-state index in [1.54, 1.807) is 60.7 Å². The standard InChI is InChI=1S/C23H20N6O5/c30-15-11-34-22(17(15)31)29-12-24-16-18(25-20(32)13-7-3-1-4-8-13)26-23(27-19(16)29)28-21(33)14-9-5-2-6-10-14/h1-10,12,15,17,22,30-31H,11H2,(H2,25,26,27,28,32,33)/t15-,17+,22+/m0/s1. The number of aliphatic hydroxyl groups excluding tert-OH is 2. The van der Waals surface area contributed by atoms with E-state index in [0.717, 1.165) is 0 Å². The lowest BCUT2D eigenvalue weighted by molar-refractivity contribution is -0.0162. The molecule has 3 heterocycles. The van der Waals surface area contributed by atoms with Gasteiger partial charge in [-0.25, -0.2) is 4.98 Å². The molecule has 0 saturated carbocycles. The van der Waals surface area contributed by atoms with Gasteiger partial charge < -0.3 is 20.3 Å². The molecule has 0 radical (unpaired) electrons. The van der Waals surface area contributed by atoms with E-state index in [0.29, 0.717) is 11.1 Å². The first-order valence-electron chi connectivity index (χ1n) is 10.5. The number of hydrogen-bond acceptors (Lipinski definition) is 8. The molecule has 1 fully saturated rings. The number of rotatable bonds is 5. The van der Waals surface area contributed by atoms with E-state index in [1.807, 2.05) is 0 Å². The quantitative estimate of drug-likeness (QED) is 0.350. The first-order valence-corrected chi connectivity index (χ1v) is 10.5. The molecule has 11 nitrogen and oxygen atoms in total. The molecule has 1 aliphatic heterocycles. The van der Waals surface area contributed by atoms with Crippen LogP contribution >= 0.6 is 0 Å². The minimum atomic E-state index is -1.21. The number of aromatic nitrogens is 4. The zero-order valence-electron chi connectivity index (χ0n) is 17.7. The summed E-state index contributed by atoms with van der Waals surface area (Å²) in [4.78, 5) is 38.4. The Kier molecular flexibility index (Phi) is 5.72. The van der Waals surface area contributed by atoms with Gasteiger partial charge in [0.1, 0.15) is 12.2 Å². The molecular weight excluding hydrogens is 440 g/mol. The summed E-state index contributed by atoms with van der Waals surface area (Å²) in [6, 6.07) is 17.1. The first kappa shape index (κ1) is 21.6. The summed E-state index contributed by atoms with van der Waals surface area (Å²) in [5.74, 6) is -0.893. The molecule has 2 amide bonds. The van der Waals surface area contributed by atoms with Gasteiger partial charge in [0.25, 0.3) is 11.8 Å². The second-order valence-corrected chi connectivity index (χ2v) is 7.64. The maximum atomic E-state index is 12.8. The number of hydrogen-bond donors (Lipinski definition) is 4. The molecule has 0 spiro atoms. The predicted octanol–water partition coefficient (Wildman–Crippen LogP) is 1.58. The van der Waals surface area contributed by atoms with Crippen molar-refractivity contribution in [3.63, 3.8) is 0 Å². The molecule has 3 atom stereocenters. The van der Waals surface area contributed by atoms with Crippen molar-refractivity contribution in [2.45, 2.75) is 18.4 Å². The fourth-order valence-electron chi connectivity index (χ4n) is 3.61. The second kappa shape index (κ2) is 8.98. The van der Waals surface area contributed by atoms with Gasteiger partial charge in [0.05, 0.1) is 12.9 Å². The normalized spacial score (nSPS) is 19.8. The highest BCUT2D eigenvalue weighted by Crippen LogP contribution is 2.30. The number of carbonyl (C=O) groups excluding carboxylic acids is 2. The lowest BCUT2D eigenvalue weighted by Crippen LogP contribution is -2.28. The van der Waals surface area contributed by atoms with Gasteiger partial charge in [-0.3, -0.25) is 19.5 Å². The number of aliphatic hydroxyl groups is 2. The summed E-state index contributed by atoms with van der Waals surface area (Å²) >= 11 is 0. The van der Waals surface area contributed by atoms with Crippen LogP contribution in [0.15, 0.2) is 67.0 Å². The lowest BCUT2D eigenvalue weighted by Gasteiger charge is -2.17. The van der Waals surface area contributed by atoms with Crippen molar-refractivity contribution < 1.29 is 24.5 Å². The van der Waals surface area contributed by atoms with Crippen molar-refractivity contribution in [1.82, 2.24) is 19.5 Å². The van der Waals surface area contributed by atoms with Crippen LogP contribution in [0.25, 0.3) is 11.2 Å². The van der Waals surface area contributed by atoms with Gasteiger partial charge in [0.15, 0.2) is 23.2 Å². The Balaban J connectivity index is 1.55. The van der Waals surface area contributed by atoms with E-state index in [9.17, 15) is 19.8 Å². The van der Waals surface area contributed by atoms with Crippen molar-refractivity contribution in [2.75, 3.05) is 17.2 Å². The molecule has 2 aromatic carbocycles. The largest absolute Gasteiger partial charge is 0.388 e. The number of benzene rings is 2. The average Bonchev–Trinajstić information content (AvgIpc) is 3.43. The van der Waals surface area contributed by atoms with Crippen LogP contribution in [0.4, 0.5) is 11.8 Å². The summed E-state index contributed by atoms with van der Waals surface area (Å²) in [5.41, 5.74) is 1.22. The number of anilines is 2. The molecule has 4 N–H and O–H groups in total. The van der Waals surface area contributed by atoms with Gasteiger partial charge in [-0.2, -0.15) is 9.97 Å². The van der Waals surface area contributed by atoms with Gasteiger partial charge in [0.2, 0.25) is 5.95 Å². The Labute approximate surface area is 193 Å². The molecule has 0 bridgehead atoms. The van der Waals surface area contributed by atoms with E-state index in [-0.39, 0.29) is 29.5 Å². The van der Waals surface area contributed by atoms with Crippen molar-refractivity contribution in [1.29, 1.82) is 0 Å². The van der Waals surface area contributed by atoms with Gasteiger partial charge >= 0.3 is 0 Å². The van der Waals surface area contributed by atoms with E-state index in [4.69, 9.17) is 4.74 Å². The average molecular weight is 460 g/mol. The third-order valence-corrected chi connectivity index (χ3v) is 5.35. The zero-order chi connectivity index (χ0) is 23.7. The molecule has 4 aromatic rings. The van der Waals surface area contributed by atoms with Crippen molar-refractivity contribution in [3.8, 4) is 0 Å². The molecule has 11 heteroatoms. The Bertz CT molecular complexity index is 1340. The molecule has 1 aliphatic rings. The molecule has 0 unspecified atom stereocenters.